The van der Waals surface area contributed by atoms with Gasteiger partial charge in [0.05, 0.1) is 12.1 Å². The Morgan fingerprint density at radius 3 is 1.93 bits per heavy atom. The molecule has 0 aromatic heterocycles. The fourth-order valence-electron chi connectivity index (χ4n) is 3.78. The van der Waals surface area contributed by atoms with E-state index in [1.54, 1.807) is 42.5 Å². The number of rotatable bonds is 15. The topological polar surface area (TPSA) is 234 Å². The van der Waals surface area contributed by atoms with Crippen molar-refractivity contribution in [2.45, 2.75) is 62.9 Å². The van der Waals surface area contributed by atoms with Crippen molar-refractivity contribution in [1.82, 2.24) is 16.0 Å². The number of aliphatic hydroxyl groups is 1. The molecule has 216 valence electrons. The van der Waals surface area contributed by atoms with Crippen LogP contribution in [0.15, 0.2) is 54.6 Å². The Morgan fingerprint density at radius 1 is 0.800 bits per heavy atom. The number of amides is 4. The molecule has 40 heavy (non-hydrogen) atoms. The molecule has 4 amide bonds. The van der Waals surface area contributed by atoms with Crippen molar-refractivity contribution in [2.24, 2.45) is 11.5 Å². The van der Waals surface area contributed by atoms with Gasteiger partial charge in [0.15, 0.2) is 0 Å². The highest BCUT2D eigenvalue weighted by Gasteiger charge is 2.33. The van der Waals surface area contributed by atoms with E-state index in [-0.39, 0.29) is 31.4 Å². The number of benzene rings is 2. The summed E-state index contributed by atoms with van der Waals surface area (Å²) in [6, 6.07) is 9.52. The normalized spacial score (nSPS) is 14.6. The van der Waals surface area contributed by atoms with Crippen LogP contribution in [-0.4, -0.2) is 75.2 Å². The van der Waals surface area contributed by atoms with Crippen molar-refractivity contribution in [2.75, 3.05) is 0 Å². The number of aliphatic hydroxyl groups excluding tert-OH is 1. The number of nitrogens with one attached hydrogen (secondary N) is 3. The molecule has 10 N–H and O–H groups in total. The predicted octanol–water partition coefficient (Wildman–Crippen LogP) is -1.31. The van der Waals surface area contributed by atoms with E-state index >= 15 is 0 Å². The fraction of sp³-hybridized carbons (Fsp3) is 0.370. The van der Waals surface area contributed by atoms with Crippen LogP contribution >= 0.6 is 0 Å². The number of carboxylic acid groups (broad SMARTS) is 1. The third kappa shape index (κ3) is 10.3. The molecule has 0 fully saturated rings. The van der Waals surface area contributed by atoms with Gasteiger partial charge in [0.2, 0.25) is 23.6 Å². The van der Waals surface area contributed by atoms with Gasteiger partial charge in [-0.15, -0.1) is 0 Å². The molecule has 0 radical (unpaired) electrons. The minimum absolute atomic E-state index is 0.0227. The second kappa shape index (κ2) is 15.2. The summed E-state index contributed by atoms with van der Waals surface area (Å²) in [4.78, 5) is 61.6. The number of carbonyl (C=O) groups is 5. The summed E-state index contributed by atoms with van der Waals surface area (Å²) in [5, 5.41) is 36.2. The maximum atomic E-state index is 13.3. The predicted molar refractivity (Wildman–Crippen MR) is 143 cm³/mol. The van der Waals surface area contributed by atoms with Crippen molar-refractivity contribution in [3.8, 4) is 5.75 Å². The molecule has 2 rings (SSSR count). The molecular formula is C27H35N5O8. The van der Waals surface area contributed by atoms with Crippen molar-refractivity contribution in [3.05, 3.63) is 65.7 Å². The fourth-order valence-corrected chi connectivity index (χ4v) is 3.78. The lowest BCUT2D eigenvalue weighted by Gasteiger charge is -2.26. The number of carboxylic acids is 1. The van der Waals surface area contributed by atoms with Gasteiger partial charge in [-0.05, 0) is 43.0 Å². The van der Waals surface area contributed by atoms with Gasteiger partial charge in [-0.1, -0.05) is 42.5 Å². The lowest BCUT2D eigenvalue weighted by molar-refractivity contribution is -0.143. The average molecular weight is 558 g/mol. The lowest BCUT2D eigenvalue weighted by Crippen LogP contribution is -2.60. The number of phenolic OH excluding ortho intramolecular Hbond substituents is 1. The molecule has 13 heteroatoms. The van der Waals surface area contributed by atoms with E-state index in [1.807, 2.05) is 0 Å². The van der Waals surface area contributed by atoms with Crippen LogP contribution in [0.3, 0.4) is 0 Å². The van der Waals surface area contributed by atoms with Gasteiger partial charge >= 0.3 is 5.97 Å². The summed E-state index contributed by atoms with van der Waals surface area (Å²) in [6.45, 7) is 1.22. The number of carbonyl (C=O) groups excluding carboxylic acids is 4. The smallest absolute Gasteiger partial charge is 0.326 e. The average Bonchev–Trinajstić information content (AvgIpc) is 2.90. The highest BCUT2D eigenvalue weighted by atomic mass is 16.4. The molecule has 0 bridgehead atoms. The molecule has 0 aliphatic heterocycles. The zero-order valence-corrected chi connectivity index (χ0v) is 21.9. The molecule has 0 saturated heterocycles. The van der Waals surface area contributed by atoms with E-state index < -0.39 is 59.9 Å². The Bertz CT molecular complexity index is 1170. The van der Waals surface area contributed by atoms with Crippen molar-refractivity contribution in [1.29, 1.82) is 0 Å². The third-order valence-corrected chi connectivity index (χ3v) is 6.00. The van der Waals surface area contributed by atoms with Crippen LogP contribution in [0, 0.1) is 0 Å². The van der Waals surface area contributed by atoms with Crippen LogP contribution in [0.5, 0.6) is 5.75 Å². The number of nitrogens with two attached hydrogens (primary N) is 2. The second-order valence-electron chi connectivity index (χ2n) is 9.36. The van der Waals surface area contributed by atoms with Gasteiger partial charge in [-0.2, -0.15) is 0 Å². The first-order valence-corrected chi connectivity index (χ1v) is 12.5. The zero-order chi connectivity index (χ0) is 29.8. The molecule has 0 saturated carbocycles. The van der Waals surface area contributed by atoms with Crippen LogP contribution in [0.2, 0.25) is 0 Å². The molecule has 0 aliphatic rings. The van der Waals surface area contributed by atoms with Gasteiger partial charge in [0.25, 0.3) is 0 Å². The molecule has 0 spiro atoms. The molecule has 5 atom stereocenters. The number of aromatic hydroxyl groups is 1. The van der Waals surface area contributed by atoms with Crippen LogP contribution in [0.4, 0.5) is 0 Å². The highest BCUT2D eigenvalue weighted by Crippen LogP contribution is 2.11. The van der Waals surface area contributed by atoms with Gasteiger partial charge in [-0.25, -0.2) is 4.79 Å². The van der Waals surface area contributed by atoms with Crippen LogP contribution in [0.1, 0.15) is 30.9 Å². The Kier molecular flexibility index (Phi) is 12.0. The van der Waals surface area contributed by atoms with Crippen LogP contribution < -0.4 is 27.4 Å². The van der Waals surface area contributed by atoms with Gasteiger partial charge in [0, 0.05) is 12.8 Å². The SMILES string of the molecule is CC(O)C(NC(=O)C(Cc1ccccc1)NC(=O)C(N)Cc1ccc(O)cc1)C(=O)NC(CCC(N)=O)C(=O)O. The molecular weight excluding hydrogens is 522 g/mol. The van der Waals surface area contributed by atoms with Gasteiger partial charge in [0.1, 0.15) is 23.9 Å². The molecule has 2 aromatic rings. The lowest BCUT2D eigenvalue weighted by atomic mass is 10.0. The summed E-state index contributed by atoms with van der Waals surface area (Å²) in [6.07, 6.45) is -1.90. The molecule has 0 heterocycles. The van der Waals surface area contributed by atoms with Crippen molar-refractivity contribution < 1.29 is 39.3 Å². The first kappa shape index (κ1) is 31.7. The Balaban J connectivity index is 2.18. The first-order chi connectivity index (χ1) is 18.9. The molecule has 0 aliphatic carbocycles. The quantitative estimate of drug-likeness (QED) is 0.130. The second-order valence-corrected chi connectivity index (χ2v) is 9.36. The first-order valence-electron chi connectivity index (χ1n) is 12.5. The van der Waals surface area contributed by atoms with E-state index in [2.05, 4.69) is 16.0 Å². The maximum absolute atomic E-state index is 13.3. The summed E-state index contributed by atoms with van der Waals surface area (Å²) in [5.74, 6) is -4.61. The zero-order valence-electron chi connectivity index (χ0n) is 21.9. The number of hydrogen-bond acceptors (Lipinski definition) is 8. The molecule has 13 nitrogen and oxygen atoms in total. The van der Waals surface area contributed by atoms with E-state index in [9.17, 15) is 39.3 Å². The third-order valence-electron chi connectivity index (χ3n) is 6.00. The summed E-state index contributed by atoms with van der Waals surface area (Å²) >= 11 is 0. The van der Waals surface area contributed by atoms with Gasteiger partial charge < -0.3 is 42.7 Å². The van der Waals surface area contributed by atoms with Crippen molar-refractivity contribution in [3.63, 3.8) is 0 Å². The summed E-state index contributed by atoms with van der Waals surface area (Å²) < 4.78 is 0. The van der Waals surface area contributed by atoms with E-state index in [1.165, 1.54) is 19.1 Å². The molecule has 5 unspecified atom stereocenters. The Labute approximate surface area is 230 Å². The summed E-state index contributed by atoms with van der Waals surface area (Å²) in [7, 11) is 0. The number of primary amides is 1. The minimum atomic E-state index is -1.58. The number of hydrogen-bond donors (Lipinski definition) is 8. The highest BCUT2D eigenvalue weighted by molar-refractivity contribution is 5.94. The number of aliphatic carboxylic acids is 1. The largest absolute Gasteiger partial charge is 0.508 e. The van der Waals surface area contributed by atoms with E-state index in [4.69, 9.17) is 11.5 Å². The molecule has 2 aromatic carbocycles. The minimum Gasteiger partial charge on any atom is -0.508 e. The monoisotopic (exact) mass is 557 g/mol. The Morgan fingerprint density at radius 2 is 1.38 bits per heavy atom. The standard InChI is InChI=1S/C27H35N5O8/c1-15(33)23(26(38)30-20(27(39)40)11-12-22(29)35)32-25(37)21(14-16-5-3-2-4-6-16)31-24(36)19(28)13-17-7-9-18(34)10-8-17/h2-10,15,19-21,23,33-34H,11-14,28H2,1H3,(H2,29,35)(H,30,38)(H,31,36)(H,32,37)(H,39,40). The number of phenols is 1. The van der Waals surface area contributed by atoms with E-state index in [0.29, 0.717) is 11.1 Å². The van der Waals surface area contributed by atoms with Crippen LogP contribution in [0.25, 0.3) is 0 Å². The Hall–Kier alpha value is -4.49. The van der Waals surface area contributed by atoms with E-state index in [0.717, 1.165) is 0 Å². The van der Waals surface area contributed by atoms with Crippen LogP contribution in [-0.2, 0) is 36.8 Å². The maximum Gasteiger partial charge on any atom is 0.326 e. The van der Waals surface area contributed by atoms with Gasteiger partial charge in [-0.3, -0.25) is 19.2 Å². The summed E-state index contributed by atoms with van der Waals surface area (Å²) in [5.41, 5.74) is 12.5. The van der Waals surface area contributed by atoms with Crippen molar-refractivity contribution >= 4 is 29.6 Å².